The Bertz CT molecular complexity index is 299. The molecule has 7 nitrogen and oxygen atoms in total. The summed E-state index contributed by atoms with van der Waals surface area (Å²) in [5.74, 6) is -1.03. The number of carboxylic acid groups (broad SMARTS) is 1. The van der Waals surface area contributed by atoms with E-state index in [-0.39, 0.29) is 12.4 Å². The molecule has 1 saturated heterocycles. The molecular formula is C11H23BN2O5. The second kappa shape index (κ2) is 7.21. The van der Waals surface area contributed by atoms with Crippen LogP contribution in [-0.2, 0) is 4.79 Å². The minimum atomic E-state index is -1.35. The Kier molecular flexibility index (Phi) is 6.22. The Hall–Kier alpha value is -0.665. The van der Waals surface area contributed by atoms with Gasteiger partial charge in [0.15, 0.2) is 0 Å². The Morgan fingerprint density at radius 2 is 1.95 bits per heavy atom. The first-order valence-electron chi connectivity index (χ1n) is 6.62. The first kappa shape index (κ1) is 16.4. The molecule has 1 rings (SSSR count). The standard InChI is InChI=1S/C11H23BN2O5/c13-11(10(16)17,3-1-2-5-12(18)19)4-6-14-7-9(15)8-14/h9,15,18-19H,1-8,13H2,(H,16,17). The van der Waals surface area contributed by atoms with Crippen LogP contribution in [0.5, 0.6) is 0 Å². The molecule has 0 aliphatic carbocycles. The summed E-state index contributed by atoms with van der Waals surface area (Å²) in [4.78, 5) is 13.2. The van der Waals surface area contributed by atoms with Gasteiger partial charge in [-0.25, -0.2) is 0 Å². The lowest BCUT2D eigenvalue weighted by Gasteiger charge is -2.37. The van der Waals surface area contributed by atoms with E-state index in [4.69, 9.17) is 20.9 Å². The molecule has 1 fully saturated rings. The summed E-state index contributed by atoms with van der Waals surface area (Å²) < 4.78 is 0. The molecule has 8 heteroatoms. The first-order chi connectivity index (χ1) is 8.83. The SMILES string of the molecule is NC(CCCCB(O)O)(CCN1CC(O)C1)C(=O)O. The number of nitrogens with two attached hydrogens (primary N) is 1. The van der Waals surface area contributed by atoms with Crippen LogP contribution in [0.4, 0.5) is 0 Å². The van der Waals surface area contributed by atoms with Gasteiger partial charge in [-0.05, 0) is 19.2 Å². The van der Waals surface area contributed by atoms with Crippen molar-refractivity contribution in [1.29, 1.82) is 0 Å². The first-order valence-corrected chi connectivity index (χ1v) is 6.62. The molecule has 1 aliphatic rings. The maximum absolute atomic E-state index is 11.2. The predicted octanol–water partition coefficient (Wildman–Crippen LogP) is -1.52. The molecule has 0 aromatic heterocycles. The molecule has 110 valence electrons. The molecule has 6 N–H and O–H groups in total. The second-order valence-electron chi connectivity index (χ2n) is 5.35. The van der Waals surface area contributed by atoms with Gasteiger partial charge >= 0.3 is 13.1 Å². The van der Waals surface area contributed by atoms with Crippen molar-refractivity contribution in [2.45, 2.75) is 43.6 Å². The molecule has 1 aliphatic heterocycles. The van der Waals surface area contributed by atoms with E-state index in [1.807, 2.05) is 4.90 Å². The largest absolute Gasteiger partial charge is 0.480 e. The van der Waals surface area contributed by atoms with E-state index < -0.39 is 18.6 Å². The van der Waals surface area contributed by atoms with Gasteiger partial charge in [-0.1, -0.05) is 12.8 Å². The van der Waals surface area contributed by atoms with Crippen molar-refractivity contribution in [3.05, 3.63) is 0 Å². The van der Waals surface area contributed by atoms with Crippen LogP contribution >= 0.6 is 0 Å². The highest BCUT2D eigenvalue weighted by molar-refractivity contribution is 6.40. The van der Waals surface area contributed by atoms with Crippen molar-refractivity contribution in [2.24, 2.45) is 5.73 Å². The van der Waals surface area contributed by atoms with Crippen LogP contribution in [0.2, 0.25) is 6.32 Å². The number of carbonyl (C=O) groups is 1. The molecule has 0 radical (unpaired) electrons. The van der Waals surface area contributed by atoms with E-state index in [0.717, 1.165) is 0 Å². The van der Waals surface area contributed by atoms with Crippen molar-refractivity contribution in [3.8, 4) is 0 Å². The average Bonchev–Trinajstić information content (AvgIpc) is 2.28. The van der Waals surface area contributed by atoms with Gasteiger partial charge in [0.2, 0.25) is 0 Å². The highest BCUT2D eigenvalue weighted by atomic mass is 16.4. The molecular weight excluding hydrogens is 251 g/mol. The van der Waals surface area contributed by atoms with Gasteiger partial charge in [-0.2, -0.15) is 0 Å². The van der Waals surface area contributed by atoms with E-state index in [0.29, 0.717) is 45.3 Å². The Balaban J connectivity index is 2.29. The van der Waals surface area contributed by atoms with Gasteiger partial charge in [0.25, 0.3) is 0 Å². The number of carboxylic acids is 1. The lowest BCUT2D eigenvalue weighted by atomic mass is 9.81. The number of hydrogen-bond donors (Lipinski definition) is 5. The number of aliphatic carboxylic acids is 1. The van der Waals surface area contributed by atoms with Crippen LogP contribution < -0.4 is 5.73 Å². The Morgan fingerprint density at radius 1 is 1.32 bits per heavy atom. The molecule has 1 heterocycles. The second-order valence-corrected chi connectivity index (χ2v) is 5.35. The lowest BCUT2D eigenvalue weighted by molar-refractivity contribution is -0.144. The van der Waals surface area contributed by atoms with Gasteiger partial charge in [0.1, 0.15) is 5.54 Å². The number of β-amino-alcohol motifs (C(OH)–C–C–N with tert-alkyl or cyclic N) is 1. The number of unbranched alkanes of at least 4 members (excludes halogenated alkanes) is 1. The van der Waals surface area contributed by atoms with Gasteiger partial charge in [-0.3, -0.25) is 9.69 Å². The van der Waals surface area contributed by atoms with Crippen LogP contribution in [0.3, 0.4) is 0 Å². The predicted molar refractivity (Wildman–Crippen MR) is 70.5 cm³/mol. The summed E-state index contributed by atoms with van der Waals surface area (Å²) in [5.41, 5.74) is 4.63. The highest BCUT2D eigenvalue weighted by Gasteiger charge is 2.35. The van der Waals surface area contributed by atoms with Crippen LogP contribution in [0.1, 0.15) is 25.7 Å². The summed E-state index contributed by atoms with van der Waals surface area (Å²) in [6.07, 6.45) is 1.65. The fourth-order valence-corrected chi connectivity index (χ4v) is 2.19. The molecule has 0 aromatic rings. The average molecular weight is 274 g/mol. The van der Waals surface area contributed by atoms with Crippen LogP contribution in [0.15, 0.2) is 0 Å². The van der Waals surface area contributed by atoms with E-state index in [2.05, 4.69) is 0 Å². The zero-order chi connectivity index (χ0) is 14.5. The lowest BCUT2D eigenvalue weighted by Crippen LogP contribution is -2.55. The number of hydrogen-bond acceptors (Lipinski definition) is 6. The van der Waals surface area contributed by atoms with Crippen LogP contribution in [-0.4, -0.2) is 69.5 Å². The van der Waals surface area contributed by atoms with Crippen molar-refractivity contribution in [2.75, 3.05) is 19.6 Å². The summed E-state index contributed by atoms with van der Waals surface area (Å²) in [6, 6.07) is 0. The third-order valence-electron chi connectivity index (χ3n) is 3.57. The topological polar surface area (TPSA) is 127 Å². The molecule has 1 unspecified atom stereocenters. The van der Waals surface area contributed by atoms with Gasteiger partial charge in [0, 0.05) is 19.6 Å². The normalized spacial score (nSPS) is 19.8. The highest BCUT2D eigenvalue weighted by Crippen LogP contribution is 2.20. The Labute approximate surface area is 113 Å². The third-order valence-corrected chi connectivity index (χ3v) is 3.57. The van der Waals surface area contributed by atoms with Gasteiger partial charge in [-0.15, -0.1) is 0 Å². The quantitative estimate of drug-likeness (QED) is 0.255. The minimum Gasteiger partial charge on any atom is -0.480 e. The van der Waals surface area contributed by atoms with E-state index in [9.17, 15) is 9.90 Å². The van der Waals surface area contributed by atoms with Crippen molar-refractivity contribution in [1.82, 2.24) is 4.90 Å². The molecule has 0 aromatic carbocycles. The zero-order valence-corrected chi connectivity index (χ0v) is 11.0. The number of rotatable bonds is 9. The van der Waals surface area contributed by atoms with Crippen molar-refractivity contribution < 1.29 is 25.1 Å². The number of aliphatic hydroxyl groups is 1. The fraction of sp³-hybridized carbons (Fsp3) is 0.909. The minimum absolute atomic E-state index is 0.230. The summed E-state index contributed by atoms with van der Waals surface area (Å²) >= 11 is 0. The van der Waals surface area contributed by atoms with E-state index >= 15 is 0 Å². The molecule has 0 spiro atoms. The van der Waals surface area contributed by atoms with E-state index in [1.54, 1.807) is 0 Å². The summed E-state index contributed by atoms with van der Waals surface area (Å²) in [5, 5.41) is 35.8. The Morgan fingerprint density at radius 3 is 2.42 bits per heavy atom. The smallest absolute Gasteiger partial charge is 0.451 e. The number of likely N-dealkylation sites (tertiary alicyclic amines) is 1. The maximum atomic E-state index is 11.2. The molecule has 1 atom stereocenters. The van der Waals surface area contributed by atoms with E-state index in [1.165, 1.54) is 0 Å². The fourth-order valence-electron chi connectivity index (χ4n) is 2.19. The molecule has 0 saturated carbocycles. The number of aliphatic hydroxyl groups excluding tert-OH is 1. The maximum Gasteiger partial charge on any atom is 0.451 e. The van der Waals surface area contributed by atoms with Crippen LogP contribution in [0.25, 0.3) is 0 Å². The summed E-state index contributed by atoms with van der Waals surface area (Å²) in [7, 11) is -1.35. The van der Waals surface area contributed by atoms with Gasteiger partial charge in [0.05, 0.1) is 6.10 Å². The molecule has 0 amide bonds. The number of nitrogens with zero attached hydrogens (tertiary/aromatic N) is 1. The summed E-state index contributed by atoms with van der Waals surface area (Å²) in [6.45, 7) is 1.71. The molecule has 19 heavy (non-hydrogen) atoms. The van der Waals surface area contributed by atoms with Crippen LogP contribution in [0, 0.1) is 0 Å². The monoisotopic (exact) mass is 274 g/mol. The van der Waals surface area contributed by atoms with Crippen molar-refractivity contribution >= 4 is 13.1 Å². The zero-order valence-electron chi connectivity index (χ0n) is 11.0. The van der Waals surface area contributed by atoms with Crippen molar-refractivity contribution in [3.63, 3.8) is 0 Å². The van der Waals surface area contributed by atoms with Gasteiger partial charge < -0.3 is 26.0 Å². The third kappa shape index (κ3) is 5.46. The molecule has 0 bridgehead atoms.